The number of aryl methyl sites for hydroxylation is 1. The average molecular weight is 293 g/mol. The fourth-order valence-corrected chi connectivity index (χ4v) is 2.73. The van der Waals surface area contributed by atoms with Crippen molar-refractivity contribution in [3.05, 3.63) is 22.5 Å². The van der Waals surface area contributed by atoms with Gasteiger partial charge in [0, 0.05) is 31.9 Å². The number of likely N-dealkylation sites (N-methyl/N-ethyl adjacent to an activating group) is 1. The fourth-order valence-electron chi connectivity index (χ4n) is 2.73. The second-order valence-corrected chi connectivity index (χ2v) is 5.62. The van der Waals surface area contributed by atoms with Crippen LogP contribution in [0.25, 0.3) is 0 Å². The molecule has 1 fully saturated rings. The van der Waals surface area contributed by atoms with E-state index in [4.69, 9.17) is 4.74 Å². The molecule has 0 aliphatic carbocycles. The molecule has 0 radical (unpaired) electrons. The summed E-state index contributed by atoms with van der Waals surface area (Å²) in [7, 11) is 3.43. The molecule has 0 saturated carbocycles. The summed E-state index contributed by atoms with van der Waals surface area (Å²) in [5, 5.41) is 0. The number of nitrogens with zero attached hydrogens (tertiary/aromatic N) is 2. The Kier molecular flexibility index (Phi) is 4.80. The van der Waals surface area contributed by atoms with Gasteiger partial charge in [-0.3, -0.25) is 9.69 Å². The highest BCUT2D eigenvalue weighted by atomic mass is 16.5. The van der Waals surface area contributed by atoms with Gasteiger partial charge in [0.05, 0.1) is 24.9 Å². The maximum absolute atomic E-state index is 12.5. The molecule has 116 valence electrons. The Morgan fingerprint density at radius 2 is 1.81 bits per heavy atom. The normalized spacial score (nSPS) is 17.0. The number of rotatable bonds is 4. The predicted octanol–water partition coefficient (Wildman–Crippen LogP) is 0.848. The number of hydrogen-bond acceptors (Lipinski definition) is 5. The third-order valence-electron chi connectivity index (χ3n) is 4.07. The van der Waals surface area contributed by atoms with E-state index in [1.807, 2.05) is 0 Å². The summed E-state index contributed by atoms with van der Waals surface area (Å²) >= 11 is 0. The second kappa shape index (κ2) is 6.41. The van der Waals surface area contributed by atoms with Gasteiger partial charge in [-0.05, 0) is 26.5 Å². The Bertz CT molecular complexity index is 543. The fraction of sp³-hybridized carbons (Fsp3) is 0.600. The summed E-state index contributed by atoms with van der Waals surface area (Å²) in [5.41, 5.74) is 2.35. The van der Waals surface area contributed by atoms with Gasteiger partial charge in [-0.15, -0.1) is 0 Å². The molecule has 6 heteroatoms. The number of carbonyl (C=O) groups is 2. The first-order chi connectivity index (χ1) is 9.93. The van der Waals surface area contributed by atoms with E-state index < -0.39 is 5.97 Å². The van der Waals surface area contributed by atoms with Crippen molar-refractivity contribution < 1.29 is 14.3 Å². The molecule has 2 heterocycles. The zero-order valence-corrected chi connectivity index (χ0v) is 13.2. The maximum atomic E-state index is 12.5. The Morgan fingerprint density at radius 1 is 1.19 bits per heavy atom. The predicted molar refractivity (Wildman–Crippen MR) is 79.9 cm³/mol. The van der Waals surface area contributed by atoms with Crippen LogP contribution in [0.15, 0.2) is 0 Å². The van der Waals surface area contributed by atoms with Crippen LogP contribution in [0, 0.1) is 13.8 Å². The Labute approximate surface area is 125 Å². The van der Waals surface area contributed by atoms with Gasteiger partial charge in [-0.2, -0.15) is 0 Å². The number of esters is 1. The molecule has 1 aliphatic rings. The molecule has 0 unspecified atom stereocenters. The van der Waals surface area contributed by atoms with Gasteiger partial charge in [0.2, 0.25) is 0 Å². The van der Waals surface area contributed by atoms with E-state index in [-0.39, 0.29) is 5.78 Å². The van der Waals surface area contributed by atoms with Crippen molar-refractivity contribution in [3.63, 3.8) is 0 Å². The highest BCUT2D eigenvalue weighted by Crippen LogP contribution is 2.19. The van der Waals surface area contributed by atoms with Crippen LogP contribution in [0.3, 0.4) is 0 Å². The standard InChI is InChI=1S/C15H23N3O3/c1-10-13(15(20)21-4)11(2)16-14(10)12(19)9-18-7-5-17(3)6-8-18/h16H,5-9H2,1-4H3. The quantitative estimate of drug-likeness (QED) is 0.658. The molecule has 1 N–H and O–H groups in total. The monoisotopic (exact) mass is 293 g/mol. The number of Topliss-reactive ketones (excluding diaryl/α,β-unsaturated/α-hetero) is 1. The van der Waals surface area contributed by atoms with Crippen molar-refractivity contribution in [2.45, 2.75) is 13.8 Å². The summed E-state index contributed by atoms with van der Waals surface area (Å²) in [4.78, 5) is 31.6. The lowest BCUT2D eigenvalue weighted by atomic mass is 10.1. The van der Waals surface area contributed by atoms with Crippen molar-refractivity contribution >= 4 is 11.8 Å². The molecular weight excluding hydrogens is 270 g/mol. The minimum Gasteiger partial charge on any atom is -0.465 e. The van der Waals surface area contributed by atoms with Gasteiger partial charge in [0.1, 0.15) is 0 Å². The van der Waals surface area contributed by atoms with Gasteiger partial charge in [-0.25, -0.2) is 4.79 Å². The lowest BCUT2D eigenvalue weighted by molar-refractivity contribution is 0.0599. The number of H-pyrrole nitrogens is 1. The molecule has 0 spiro atoms. The first-order valence-corrected chi connectivity index (χ1v) is 7.15. The smallest absolute Gasteiger partial charge is 0.339 e. The van der Waals surface area contributed by atoms with Crippen molar-refractivity contribution in [1.82, 2.24) is 14.8 Å². The van der Waals surface area contributed by atoms with E-state index in [1.165, 1.54) is 7.11 Å². The lowest BCUT2D eigenvalue weighted by Crippen LogP contribution is -2.46. The van der Waals surface area contributed by atoms with Gasteiger partial charge < -0.3 is 14.6 Å². The summed E-state index contributed by atoms with van der Waals surface area (Å²) < 4.78 is 4.77. The molecule has 1 aliphatic heterocycles. The highest BCUT2D eigenvalue weighted by molar-refractivity contribution is 6.02. The van der Waals surface area contributed by atoms with Crippen LogP contribution in [0.5, 0.6) is 0 Å². The van der Waals surface area contributed by atoms with E-state index in [2.05, 4.69) is 21.8 Å². The van der Waals surface area contributed by atoms with Crippen LogP contribution < -0.4 is 0 Å². The molecule has 21 heavy (non-hydrogen) atoms. The van der Waals surface area contributed by atoms with E-state index >= 15 is 0 Å². The van der Waals surface area contributed by atoms with Crippen LogP contribution in [-0.4, -0.2) is 73.4 Å². The van der Waals surface area contributed by atoms with Gasteiger partial charge in [0.25, 0.3) is 0 Å². The van der Waals surface area contributed by atoms with Crippen LogP contribution in [0.1, 0.15) is 32.1 Å². The molecule has 1 aromatic rings. The molecule has 2 rings (SSSR count). The molecule has 1 saturated heterocycles. The van der Waals surface area contributed by atoms with Crippen molar-refractivity contribution in [1.29, 1.82) is 0 Å². The zero-order chi connectivity index (χ0) is 15.6. The summed E-state index contributed by atoms with van der Waals surface area (Å²) in [5.74, 6) is -0.379. The van der Waals surface area contributed by atoms with Crippen molar-refractivity contribution in [2.24, 2.45) is 0 Å². The summed E-state index contributed by atoms with van der Waals surface area (Å²) in [6.45, 7) is 7.69. The minimum absolute atomic E-state index is 0.0234. The minimum atomic E-state index is -0.403. The topological polar surface area (TPSA) is 65.6 Å². The van der Waals surface area contributed by atoms with E-state index in [0.717, 1.165) is 26.2 Å². The third-order valence-corrected chi connectivity index (χ3v) is 4.07. The average Bonchev–Trinajstić information content (AvgIpc) is 2.76. The maximum Gasteiger partial charge on any atom is 0.339 e. The first kappa shape index (κ1) is 15.7. The lowest BCUT2D eigenvalue weighted by Gasteiger charge is -2.31. The van der Waals surface area contributed by atoms with Crippen LogP contribution in [0.2, 0.25) is 0 Å². The molecule has 0 amide bonds. The number of aromatic amines is 1. The third kappa shape index (κ3) is 3.33. The number of hydrogen-bond donors (Lipinski definition) is 1. The molecule has 0 atom stereocenters. The van der Waals surface area contributed by atoms with E-state index in [0.29, 0.717) is 29.1 Å². The molecule has 1 aromatic heterocycles. The molecule has 6 nitrogen and oxygen atoms in total. The van der Waals surface area contributed by atoms with Crippen molar-refractivity contribution in [3.8, 4) is 0 Å². The molecule has 0 bridgehead atoms. The number of methoxy groups -OCH3 is 1. The van der Waals surface area contributed by atoms with E-state index in [1.54, 1.807) is 13.8 Å². The Balaban J connectivity index is 2.11. The van der Waals surface area contributed by atoms with Gasteiger partial charge in [-0.1, -0.05) is 0 Å². The number of carbonyl (C=O) groups excluding carboxylic acids is 2. The van der Waals surface area contributed by atoms with Gasteiger partial charge in [0.15, 0.2) is 5.78 Å². The van der Waals surface area contributed by atoms with Crippen LogP contribution in [0.4, 0.5) is 0 Å². The number of aromatic nitrogens is 1. The first-order valence-electron chi connectivity index (χ1n) is 7.15. The Hall–Kier alpha value is -1.66. The van der Waals surface area contributed by atoms with E-state index in [9.17, 15) is 9.59 Å². The number of ether oxygens (including phenoxy) is 1. The van der Waals surface area contributed by atoms with Crippen LogP contribution in [-0.2, 0) is 4.74 Å². The van der Waals surface area contributed by atoms with Gasteiger partial charge >= 0.3 is 5.97 Å². The molecular formula is C15H23N3O3. The SMILES string of the molecule is COC(=O)c1c(C)[nH]c(C(=O)CN2CCN(C)CC2)c1C. The Morgan fingerprint density at radius 3 is 2.38 bits per heavy atom. The van der Waals surface area contributed by atoms with Crippen molar-refractivity contribution in [2.75, 3.05) is 46.9 Å². The summed E-state index contributed by atoms with van der Waals surface area (Å²) in [6, 6.07) is 0. The largest absolute Gasteiger partial charge is 0.465 e. The zero-order valence-electron chi connectivity index (χ0n) is 13.2. The summed E-state index contributed by atoms with van der Waals surface area (Å²) in [6.07, 6.45) is 0. The second-order valence-electron chi connectivity index (χ2n) is 5.62. The molecule has 0 aromatic carbocycles. The number of ketones is 1. The highest BCUT2D eigenvalue weighted by Gasteiger charge is 2.24. The number of nitrogens with one attached hydrogen (secondary N) is 1. The van der Waals surface area contributed by atoms with Crippen LogP contribution >= 0.6 is 0 Å². The number of piperazine rings is 1.